The molecule has 1 fully saturated rings. The van der Waals surface area contributed by atoms with Gasteiger partial charge in [-0.2, -0.15) is 0 Å². The average molecular weight is 307 g/mol. The fraction of sp³-hybridized carbons (Fsp3) is 0.444. The summed E-state index contributed by atoms with van der Waals surface area (Å²) in [6.45, 7) is 0. The van der Waals surface area contributed by atoms with E-state index in [2.05, 4.69) is 36.8 Å². The first-order chi connectivity index (χ1) is 6.25. The van der Waals surface area contributed by atoms with E-state index in [0.717, 1.165) is 21.8 Å². The lowest BCUT2D eigenvalue weighted by Gasteiger charge is -2.26. The number of hydrogen-bond acceptors (Lipinski definition) is 2. The number of rotatable bonds is 2. The van der Waals surface area contributed by atoms with Gasteiger partial charge < -0.3 is 4.74 Å². The topological polar surface area (TPSA) is 22.1 Å². The number of aromatic nitrogens is 1. The third kappa shape index (κ3) is 2.23. The van der Waals surface area contributed by atoms with Gasteiger partial charge in [-0.15, -0.1) is 0 Å². The molecule has 1 aliphatic carbocycles. The van der Waals surface area contributed by atoms with E-state index in [4.69, 9.17) is 4.74 Å². The molecule has 2 nitrogen and oxygen atoms in total. The van der Waals surface area contributed by atoms with Crippen molar-refractivity contribution in [2.45, 2.75) is 25.4 Å². The Balaban J connectivity index is 2.10. The normalized spacial score (nSPS) is 16.8. The van der Waals surface area contributed by atoms with Crippen LogP contribution in [0.25, 0.3) is 0 Å². The standard InChI is InChI=1S/C9H9Br2NO/c10-6-4-8(11)9(12-5-6)13-7-2-1-3-7/h4-5,7H,1-3H2. The largest absolute Gasteiger partial charge is 0.474 e. The predicted molar refractivity (Wildman–Crippen MR) is 57.9 cm³/mol. The molecule has 0 atom stereocenters. The van der Waals surface area contributed by atoms with Gasteiger partial charge in [0.25, 0.3) is 0 Å². The van der Waals surface area contributed by atoms with Crippen LogP contribution in [0.1, 0.15) is 19.3 Å². The molecule has 70 valence electrons. The molecule has 0 bridgehead atoms. The van der Waals surface area contributed by atoms with Crippen molar-refractivity contribution >= 4 is 31.9 Å². The highest BCUT2D eigenvalue weighted by Crippen LogP contribution is 2.30. The van der Waals surface area contributed by atoms with E-state index in [1.165, 1.54) is 6.42 Å². The summed E-state index contributed by atoms with van der Waals surface area (Å²) >= 11 is 6.76. The molecule has 0 radical (unpaired) electrons. The summed E-state index contributed by atoms with van der Waals surface area (Å²) in [6, 6.07) is 1.95. The summed E-state index contributed by atoms with van der Waals surface area (Å²) in [5.41, 5.74) is 0. The maximum atomic E-state index is 5.66. The molecule has 0 N–H and O–H groups in total. The van der Waals surface area contributed by atoms with Gasteiger partial charge in [0, 0.05) is 10.7 Å². The van der Waals surface area contributed by atoms with E-state index in [-0.39, 0.29) is 0 Å². The SMILES string of the molecule is Brc1cnc(OC2CCC2)c(Br)c1. The van der Waals surface area contributed by atoms with Gasteiger partial charge >= 0.3 is 0 Å². The smallest absolute Gasteiger partial charge is 0.228 e. The zero-order valence-corrected chi connectivity index (χ0v) is 10.1. The summed E-state index contributed by atoms with van der Waals surface area (Å²) in [7, 11) is 0. The molecule has 0 spiro atoms. The Morgan fingerprint density at radius 1 is 1.38 bits per heavy atom. The Bertz CT molecular complexity index is 312. The van der Waals surface area contributed by atoms with Gasteiger partial charge in [-0.3, -0.25) is 0 Å². The minimum atomic E-state index is 0.380. The van der Waals surface area contributed by atoms with Crippen molar-refractivity contribution < 1.29 is 4.74 Å². The third-order valence-corrected chi connectivity index (χ3v) is 3.11. The fourth-order valence-corrected chi connectivity index (χ4v) is 2.22. The molecule has 1 aromatic rings. The van der Waals surface area contributed by atoms with Crippen LogP contribution >= 0.6 is 31.9 Å². The lowest BCUT2D eigenvalue weighted by atomic mass is 9.96. The minimum absolute atomic E-state index is 0.380. The van der Waals surface area contributed by atoms with E-state index in [1.54, 1.807) is 6.20 Å². The number of ether oxygens (including phenoxy) is 1. The van der Waals surface area contributed by atoms with Crippen molar-refractivity contribution in [3.8, 4) is 5.88 Å². The van der Waals surface area contributed by atoms with Crippen LogP contribution < -0.4 is 4.74 Å². The van der Waals surface area contributed by atoms with Crippen LogP contribution in [0.3, 0.4) is 0 Å². The van der Waals surface area contributed by atoms with Crippen molar-refractivity contribution in [3.05, 3.63) is 21.2 Å². The highest BCUT2D eigenvalue weighted by molar-refractivity contribution is 9.11. The van der Waals surface area contributed by atoms with E-state index < -0.39 is 0 Å². The van der Waals surface area contributed by atoms with E-state index >= 15 is 0 Å². The Morgan fingerprint density at radius 3 is 2.69 bits per heavy atom. The van der Waals surface area contributed by atoms with Crippen LogP contribution in [0.5, 0.6) is 5.88 Å². The molecule has 1 aromatic heterocycles. The average Bonchev–Trinajstić information content (AvgIpc) is 1.99. The molecule has 1 heterocycles. The second-order valence-electron chi connectivity index (χ2n) is 3.11. The molecule has 0 unspecified atom stereocenters. The number of nitrogens with zero attached hydrogens (tertiary/aromatic N) is 1. The van der Waals surface area contributed by atoms with Gasteiger partial charge in [-0.25, -0.2) is 4.98 Å². The Morgan fingerprint density at radius 2 is 2.15 bits per heavy atom. The summed E-state index contributed by atoms with van der Waals surface area (Å²) in [6.07, 6.45) is 5.72. The van der Waals surface area contributed by atoms with Crippen LogP contribution in [0.15, 0.2) is 21.2 Å². The van der Waals surface area contributed by atoms with E-state index in [9.17, 15) is 0 Å². The van der Waals surface area contributed by atoms with Crippen LogP contribution in [0.4, 0.5) is 0 Å². The lowest BCUT2D eigenvalue weighted by Crippen LogP contribution is -2.25. The van der Waals surface area contributed by atoms with Crippen molar-refractivity contribution in [2.24, 2.45) is 0 Å². The van der Waals surface area contributed by atoms with E-state index in [0.29, 0.717) is 12.0 Å². The maximum Gasteiger partial charge on any atom is 0.228 e. The second-order valence-corrected chi connectivity index (χ2v) is 4.88. The first-order valence-electron chi connectivity index (χ1n) is 4.23. The van der Waals surface area contributed by atoms with Gasteiger partial charge in [0.1, 0.15) is 6.10 Å². The molecule has 0 saturated heterocycles. The van der Waals surface area contributed by atoms with Gasteiger partial charge in [0.2, 0.25) is 5.88 Å². The molecule has 1 aliphatic rings. The first-order valence-corrected chi connectivity index (χ1v) is 5.82. The summed E-state index contributed by atoms with van der Waals surface area (Å²) in [5.74, 6) is 0.702. The molecule has 0 aromatic carbocycles. The summed E-state index contributed by atoms with van der Waals surface area (Å²) < 4.78 is 7.53. The zero-order valence-electron chi connectivity index (χ0n) is 6.96. The number of halogens is 2. The van der Waals surface area contributed by atoms with Gasteiger partial charge in [-0.1, -0.05) is 0 Å². The van der Waals surface area contributed by atoms with Crippen LogP contribution in [-0.2, 0) is 0 Å². The Hall–Kier alpha value is -0.0900. The Kier molecular flexibility index (Phi) is 2.89. The maximum absolute atomic E-state index is 5.66. The van der Waals surface area contributed by atoms with Crippen molar-refractivity contribution in [2.75, 3.05) is 0 Å². The molecule has 4 heteroatoms. The number of pyridine rings is 1. The van der Waals surface area contributed by atoms with Crippen LogP contribution in [-0.4, -0.2) is 11.1 Å². The molecule has 0 aliphatic heterocycles. The predicted octanol–water partition coefficient (Wildman–Crippen LogP) is 3.54. The first kappa shape index (κ1) is 9.46. The van der Waals surface area contributed by atoms with Crippen LogP contribution in [0, 0.1) is 0 Å². The molecular formula is C9H9Br2NO. The second kappa shape index (κ2) is 3.96. The molecule has 2 rings (SSSR count). The van der Waals surface area contributed by atoms with Gasteiger partial charge in [-0.05, 0) is 57.2 Å². The van der Waals surface area contributed by atoms with Crippen molar-refractivity contribution in [1.29, 1.82) is 0 Å². The highest BCUT2D eigenvalue weighted by atomic mass is 79.9. The van der Waals surface area contributed by atoms with Crippen molar-refractivity contribution in [3.63, 3.8) is 0 Å². The summed E-state index contributed by atoms with van der Waals surface area (Å²) in [4.78, 5) is 4.18. The zero-order chi connectivity index (χ0) is 9.26. The van der Waals surface area contributed by atoms with Crippen molar-refractivity contribution in [1.82, 2.24) is 4.98 Å². The van der Waals surface area contributed by atoms with Gasteiger partial charge in [0.05, 0.1) is 4.47 Å². The van der Waals surface area contributed by atoms with E-state index in [1.807, 2.05) is 6.07 Å². The Labute approximate surface area is 94.0 Å². The molecule has 0 amide bonds. The molecular weight excluding hydrogens is 298 g/mol. The quantitative estimate of drug-likeness (QED) is 0.834. The third-order valence-electron chi connectivity index (χ3n) is 2.10. The summed E-state index contributed by atoms with van der Waals surface area (Å²) in [5, 5.41) is 0. The highest BCUT2D eigenvalue weighted by Gasteiger charge is 2.20. The monoisotopic (exact) mass is 305 g/mol. The van der Waals surface area contributed by atoms with Gasteiger partial charge in [0.15, 0.2) is 0 Å². The number of hydrogen-bond donors (Lipinski definition) is 0. The molecule has 13 heavy (non-hydrogen) atoms. The minimum Gasteiger partial charge on any atom is -0.474 e. The lowest BCUT2D eigenvalue weighted by molar-refractivity contribution is 0.113. The molecule has 1 saturated carbocycles. The van der Waals surface area contributed by atoms with Crippen LogP contribution in [0.2, 0.25) is 0 Å². The fourth-order valence-electron chi connectivity index (χ4n) is 1.14.